The summed E-state index contributed by atoms with van der Waals surface area (Å²) in [5, 5.41) is 1.73. The number of hydrogen-bond donors (Lipinski definition) is 1. The highest BCUT2D eigenvalue weighted by Gasteiger charge is 2.18. The standard InChI is InChI=1S/C22H19ClN2O3S/c1-26-18-11-15(12-19(27-2)21(18)28-3)29-22-16-10-14(23)4-5-17(16)25-20(22)13-6-8-24-9-7-13/h4-12,25H,1-3H3. The molecule has 0 fully saturated rings. The number of rotatable bonds is 6. The Labute approximate surface area is 178 Å². The molecule has 0 aliphatic rings. The van der Waals surface area contributed by atoms with E-state index in [4.69, 9.17) is 25.8 Å². The van der Waals surface area contributed by atoms with Crippen LogP contribution in [0.1, 0.15) is 0 Å². The summed E-state index contributed by atoms with van der Waals surface area (Å²) in [6, 6.07) is 13.7. The smallest absolute Gasteiger partial charge is 0.203 e. The quantitative estimate of drug-likeness (QED) is 0.406. The summed E-state index contributed by atoms with van der Waals surface area (Å²) in [6.45, 7) is 0. The molecule has 0 saturated heterocycles. The Kier molecular flexibility index (Phi) is 5.56. The maximum absolute atomic E-state index is 6.29. The van der Waals surface area contributed by atoms with Gasteiger partial charge in [-0.1, -0.05) is 23.4 Å². The third-order valence-electron chi connectivity index (χ3n) is 4.54. The fourth-order valence-electron chi connectivity index (χ4n) is 3.20. The Balaban J connectivity index is 1.89. The van der Waals surface area contributed by atoms with Crippen LogP contribution in [0.15, 0.2) is 64.6 Å². The van der Waals surface area contributed by atoms with Gasteiger partial charge in [0.1, 0.15) is 0 Å². The number of fused-ring (bicyclic) bond motifs is 1. The average molecular weight is 427 g/mol. The SMILES string of the molecule is COc1cc(Sc2c(-c3ccncc3)[nH]c3ccc(Cl)cc23)cc(OC)c1OC. The van der Waals surface area contributed by atoms with E-state index in [0.29, 0.717) is 22.3 Å². The van der Waals surface area contributed by atoms with E-state index in [0.717, 1.165) is 32.0 Å². The van der Waals surface area contributed by atoms with Gasteiger partial charge in [-0.25, -0.2) is 0 Å². The summed E-state index contributed by atoms with van der Waals surface area (Å²) >= 11 is 7.90. The van der Waals surface area contributed by atoms with E-state index in [-0.39, 0.29) is 0 Å². The highest BCUT2D eigenvalue weighted by Crippen LogP contribution is 2.46. The predicted octanol–water partition coefficient (Wildman–Crippen LogP) is 6.06. The van der Waals surface area contributed by atoms with Crippen molar-refractivity contribution in [1.29, 1.82) is 0 Å². The number of aromatic nitrogens is 2. The molecule has 0 atom stereocenters. The van der Waals surface area contributed by atoms with Crippen LogP contribution in [-0.4, -0.2) is 31.3 Å². The molecule has 0 amide bonds. The molecule has 2 heterocycles. The van der Waals surface area contributed by atoms with E-state index >= 15 is 0 Å². The van der Waals surface area contributed by atoms with Gasteiger partial charge in [-0.3, -0.25) is 4.98 Å². The van der Waals surface area contributed by atoms with E-state index in [2.05, 4.69) is 9.97 Å². The average Bonchev–Trinajstić information content (AvgIpc) is 3.11. The van der Waals surface area contributed by atoms with Crippen LogP contribution in [0.4, 0.5) is 0 Å². The first-order chi connectivity index (χ1) is 14.1. The van der Waals surface area contributed by atoms with Crippen LogP contribution in [0.25, 0.3) is 22.2 Å². The van der Waals surface area contributed by atoms with Crippen molar-refractivity contribution in [1.82, 2.24) is 9.97 Å². The minimum atomic E-state index is 0.565. The second kappa shape index (κ2) is 8.27. The van der Waals surface area contributed by atoms with Gasteiger partial charge in [0.05, 0.1) is 27.0 Å². The highest BCUT2D eigenvalue weighted by molar-refractivity contribution is 7.99. The zero-order valence-electron chi connectivity index (χ0n) is 16.2. The second-order valence-electron chi connectivity index (χ2n) is 6.22. The van der Waals surface area contributed by atoms with Crippen molar-refractivity contribution in [3.8, 4) is 28.5 Å². The Morgan fingerprint density at radius 2 is 1.59 bits per heavy atom. The van der Waals surface area contributed by atoms with Crippen molar-refractivity contribution < 1.29 is 14.2 Å². The Morgan fingerprint density at radius 1 is 0.897 bits per heavy atom. The lowest BCUT2D eigenvalue weighted by Crippen LogP contribution is -1.95. The van der Waals surface area contributed by atoms with Crippen LogP contribution in [0.5, 0.6) is 17.2 Å². The fourth-order valence-corrected chi connectivity index (χ4v) is 4.49. The summed E-state index contributed by atoms with van der Waals surface area (Å²) < 4.78 is 16.4. The molecule has 0 bridgehead atoms. The zero-order valence-corrected chi connectivity index (χ0v) is 17.7. The topological polar surface area (TPSA) is 56.4 Å². The summed E-state index contributed by atoms with van der Waals surface area (Å²) in [4.78, 5) is 9.65. The Hall–Kier alpha value is -2.83. The van der Waals surface area contributed by atoms with E-state index < -0.39 is 0 Å². The van der Waals surface area contributed by atoms with Crippen LogP contribution in [0.3, 0.4) is 0 Å². The summed E-state index contributed by atoms with van der Waals surface area (Å²) in [6.07, 6.45) is 3.56. The maximum atomic E-state index is 6.29. The molecule has 5 nitrogen and oxygen atoms in total. The van der Waals surface area contributed by atoms with Crippen LogP contribution >= 0.6 is 23.4 Å². The van der Waals surface area contributed by atoms with Crippen molar-refractivity contribution >= 4 is 34.3 Å². The maximum Gasteiger partial charge on any atom is 0.203 e. The molecule has 2 aromatic heterocycles. The lowest BCUT2D eigenvalue weighted by molar-refractivity contribution is 0.323. The predicted molar refractivity (Wildman–Crippen MR) is 117 cm³/mol. The summed E-state index contributed by atoms with van der Waals surface area (Å²) in [5.74, 6) is 1.78. The minimum Gasteiger partial charge on any atom is -0.493 e. The van der Waals surface area contributed by atoms with Gasteiger partial charge in [-0.15, -0.1) is 0 Å². The van der Waals surface area contributed by atoms with Crippen molar-refractivity contribution in [2.75, 3.05) is 21.3 Å². The summed E-state index contributed by atoms with van der Waals surface area (Å²) in [7, 11) is 4.82. The number of methoxy groups -OCH3 is 3. The molecule has 0 saturated carbocycles. The second-order valence-corrected chi connectivity index (χ2v) is 7.74. The van der Waals surface area contributed by atoms with Crippen LogP contribution in [-0.2, 0) is 0 Å². The van der Waals surface area contributed by atoms with Crippen LogP contribution < -0.4 is 14.2 Å². The first kappa shape index (κ1) is 19.5. The molecule has 29 heavy (non-hydrogen) atoms. The van der Waals surface area contributed by atoms with Gasteiger partial charge in [0, 0.05) is 43.7 Å². The first-order valence-corrected chi connectivity index (χ1v) is 10.0. The Bertz CT molecular complexity index is 1140. The van der Waals surface area contributed by atoms with Gasteiger partial charge in [0.2, 0.25) is 5.75 Å². The number of halogens is 1. The van der Waals surface area contributed by atoms with Gasteiger partial charge < -0.3 is 19.2 Å². The van der Waals surface area contributed by atoms with Crippen LogP contribution in [0.2, 0.25) is 5.02 Å². The van der Waals surface area contributed by atoms with Gasteiger partial charge >= 0.3 is 0 Å². The van der Waals surface area contributed by atoms with Gasteiger partial charge in [-0.2, -0.15) is 0 Å². The van der Waals surface area contributed by atoms with Crippen molar-refractivity contribution in [3.05, 3.63) is 59.9 Å². The molecule has 0 radical (unpaired) electrons. The van der Waals surface area contributed by atoms with Gasteiger partial charge in [0.25, 0.3) is 0 Å². The molecule has 1 N–H and O–H groups in total. The molecular weight excluding hydrogens is 408 g/mol. The van der Waals surface area contributed by atoms with E-state index in [1.165, 1.54) is 0 Å². The van der Waals surface area contributed by atoms with Crippen LogP contribution in [0, 0.1) is 0 Å². The molecule has 4 rings (SSSR count). The molecule has 7 heteroatoms. The molecule has 2 aromatic carbocycles. The summed E-state index contributed by atoms with van der Waals surface area (Å²) in [5.41, 5.74) is 3.06. The monoisotopic (exact) mass is 426 g/mol. The van der Waals surface area contributed by atoms with Crippen molar-refractivity contribution in [2.45, 2.75) is 9.79 Å². The van der Waals surface area contributed by atoms with Crippen molar-refractivity contribution in [2.24, 2.45) is 0 Å². The lowest BCUT2D eigenvalue weighted by atomic mass is 10.2. The Morgan fingerprint density at radius 3 is 2.21 bits per heavy atom. The number of ether oxygens (including phenoxy) is 3. The zero-order chi connectivity index (χ0) is 20.4. The first-order valence-electron chi connectivity index (χ1n) is 8.84. The molecule has 0 spiro atoms. The molecule has 4 aromatic rings. The number of benzene rings is 2. The number of hydrogen-bond acceptors (Lipinski definition) is 5. The molecule has 0 unspecified atom stereocenters. The molecular formula is C22H19ClN2O3S. The van der Waals surface area contributed by atoms with E-state index in [1.807, 2.05) is 42.5 Å². The number of nitrogens with one attached hydrogen (secondary N) is 1. The van der Waals surface area contributed by atoms with Gasteiger partial charge in [-0.05, 0) is 42.5 Å². The van der Waals surface area contributed by atoms with Gasteiger partial charge in [0.15, 0.2) is 11.5 Å². The lowest BCUT2D eigenvalue weighted by Gasteiger charge is -2.14. The number of H-pyrrole nitrogens is 1. The molecule has 0 aliphatic carbocycles. The molecule has 0 aliphatic heterocycles. The number of pyridine rings is 1. The fraction of sp³-hybridized carbons (Fsp3) is 0.136. The van der Waals surface area contributed by atoms with E-state index in [9.17, 15) is 0 Å². The largest absolute Gasteiger partial charge is 0.493 e. The number of aromatic amines is 1. The molecule has 148 valence electrons. The van der Waals surface area contributed by atoms with Crippen molar-refractivity contribution in [3.63, 3.8) is 0 Å². The normalized spacial score (nSPS) is 10.9. The number of nitrogens with zero attached hydrogens (tertiary/aromatic N) is 1. The third-order valence-corrected chi connectivity index (χ3v) is 5.87. The highest BCUT2D eigenvalue weighted by atomic mass is 35.5. The minimum absolute atomic E-state index is 0.565. The third kappa shape index (κ3) is 3.73. The van der Waals surface area contributed by atoms with E-state index in [1.54, 1.807) is 45.5 Å².